The maximum atomic E-state index is 5.38. The van der Waals surface area contributed by atoms with Gasteiger partial charge in [0.05, 0.1) is 13.2 Å². The van der Waals surface area contributed by atoms with Crippen molar-refractivity contribution in [2.75, 3.05) is 31.7 Å². The van der Waals surface area contributed by atoms with Crippen LogP contribution < -0.4 is 10.1 Å². The number of rotatable bonds is 5. The van der Waals surface area contributed by atoms with Crippen LogP contribution in [0.1, 0.15) is 19.0 Å². The lowest BCUT2D eigenvalue weighted by Gasteiger charge is -2.11. The van der Waals surface area contributed by atoms with Gasteiger partial charge in [-0.2, -0.15) is 4.98 Å². The van der Waals surface area contributed by atoms with E-state index in [1.54, 1.807) is 0 Å². The Morgan fingerprint density at radius 2 is 2.41 bits per heavy atom. The predicted octanol–water partition coefficient (Wildman–Crippen LogP) is 1.63. The highest BCUT2D eigenvalue weighted by atomic mass is 16.5. The fourth-order valence-corrected chi connectivity index (χ4v) is 1.82. The summed E-state index contributed by atoms with van der Waals surface area (Å²) in [6.45, 7) is 7.05. The van der Waals surface area contributed by atoms with Gasteiger partial charge in [0.2, 0.25) is 11.8 Å². The molecule has 5 nitrogen and oxygen atoms in total. The maximum absolute atomic E-state index is 5.38. The SMILES string of the molecule is CCOc1cc(C)nc(NCC2CCOC2)n1. The van der Waals surface area contributed by atoms with Gasteiger partial charge in [0.15, 0.2) is 0 Å². The lowest BCUT2D eigenvalue weighted by atomic mass is 10.1. The van der Waals surface area contributed by atoms with Gasteiger partial charge in [0, 0.05) is 30.8 Å². The molecule has 1 fully saturated rings. The fraction of sp³-hybridized carbons (Fsp3) is 0.667. The average Bonchev–Trinajstić information content (AvgIpc) is 2.79. The molecule has 1 aliphatic rings. The molecule has 0 spiro atoms. The lowest BCUT2D eigenvalue weighted by molar-refractivity contribution is 0.187. The average molecular weight is 237 g/mol. The van der Waals surface area contributed by atoms with Crippen molar-refractivity contribution in [2.45, 2.75) is 20.3 Å². The van der Waals surface area contributed by atoms with E-state index in [9.17, 15) is 0 Å². The van der Waals surface area contributed by atoms with Crippen molar-refractivity contribution < 1.29 is 9.47 Å². The maximum Gasteiger partial charge on any atom is 0.226 e. The standard InChI is InChI=1S/C12H19N3O2/c1-3-17-11-6-9(2)14-12(15-11)13-7-10-4-5-16-8-10/h6,10H,3-5,7-8H2,1-2H3,(H,13,14,15). The minimum Gasteiger partial charge on any atom is -0.478 e. The first kappa shape index (κ1) is 12.1. The molecule has 17 heavy (non-hydrogen) atoms. The van der Waals surface area contributed by atoms with Crippen LogP contribution in [-0.2, 0) is 4.74 Å². The normalized spacial score (nSPS) is 19.3. The van der Waals surface area contributed by atoms with Crippen LogP contribution in [0.15, 0.2) is 6.07 Å². The Balaban J connectivity index is 1.94. The summed E-state index contributed by atoms with van der Waals surface area (Å²) in [5.74, 6) is 1.83. The zero-order valence-corrected chi connectivity index (χ0v) is 10.4. The molecule has 1 aromatic heterocycles. The molecule has 0 aromatic carbocycles. The zero-order chi connectivity index (χ0) is 12.1. The third kappa shape index (κ3) is 3.56. The molecular formula is C12H19N3O2. The minimum atomic E-state index is 0.564. The van der Waals surface area contributed by atoms with E-state index >= 15 is 0 Å². The van der Waals surface area contributed by atoms with Crippen LogP contribution >= 0.6 is 0 Å². The number of anilines is 1. The lowest BCUT2D eigenvalue weighted by Crippen LogP contribution is -2.16. The topological polar surface area (TPSA) is 56.3 Å². The summed E-state index contributed by atoms with van der Waals surface area (Å²) in [6, 6.07) is 1.84. The van der Waals surface area contributed by atoms with Crippen molar-refractivity contribution in [3.05, 3.63) is 11.8 Å². The first-order valence-electron chi connectivity index (χ1n) is 6.08. The summed E-state index contributed by atoms with van der Waals surface area (Å²) >= 11 is 0. The van der Waals surface area contributed by atoms with Crippen LogP contribution in [0.5, 0.6) is 5.88 Å². The minimum absolute atomic E-state index is 0.564. The molecule has 1 N–H and O–H groups in total. The second-order valence-electron chi connectivity index (χ2n) is 4.21. The first-order chi connectivity index (χ1) is 8.28. The van der Waals surface area contributed by atoms with E-state index in [4.69, 9.17) is 9.47 Å². The van der Waals surface area contributed by atoms with Crippen LogP contribution in [0.4, 0.5) is 5.95 Å². The third-order valence-electron chi connectivity index (χ3n) is 2.70. The number of aryl methyl sites for hydroxylation is 1. The number of hydrogen-bond donors (Lipinski definition) is 1. The molecule has 1 aromatic rings. The molecule has 1 aliphatic heterocycles. The molecule has 2 rings (SSSR count). The number of aromatic nitrogens is 2. The summed E-state index contributed by atoms with van der Waals surface area (Å²) in [5.41, 5.74) is 0.911. The van der Waals surface area contributed by atoms with Gasteiger partial charge < -0.3 is 14.8 Å². The van der Waals surface area contributed by atoms with Crippen molar-refractivity contribution in [3.8, 4) is 5.88 Å². The summed E-state index contributed by atoms with van der Waals surface area (Å²) in [4.78, 5) is 8.63. The van der Waals surface area contributed by atoms with E-state index in [2.05, 4.69) is 15.3 Å². The molecule has 0 radical (unpaired) electrons. The molecule has 0 aliphatic carbocycles. The van der Waals surface area contributed by atoms with Gasteiger partial charge in [-0.05, 0) is 20.3 Å². The Morgan fingerprint density at radius 1 is 1.53 bits per heavy atom. The molecule has 5 heteroatoms. The summed E-state index contributed by atoms with van der Waals surface area (Å²) in [5, 5.41) is 3.24. The molecule has 1 saturated heterocycles. The summed E-state index contributed by atoms with van der Waals surface area (Å²) < 4.78 is 10.7. The van der Waals surface area contributed by atoms with Crippen LogP contribution in [0, 0.1) is 12.8 Å². The van der Waals surface area contributed by atoms with Gasteiger partial charge in [-0.3, -0.25) is 0 Å². The second kappa shape index (κ2) is 5.82. The molecule has 1 atom stereocenters. The van der Waals surface area contributed by atoms with Crippen molar-refractivity contribution in [3.63, 3.8) is 0 Å². The quantitative estimate of drug-likeness (QED) is 0.843. The Hall–Kier alpha value is -1.36. The predicted molar refractivity (Wildman–Crippen MR) is 65.4 cm³/mol. The van der Waals surface area contributed by atoms with Crippen molar-refractivity contribution >= 4 is 5.95 Å². The second-order valence-corrected chi connectivity index (χ2v) is 4.21. The molecule has 2 heterocycles. The third-order valence-corrected chi connectivity index (χ3v) is 2.70. The first-order valence-corrected chi connectivity index (χ1v) is 6.08. The van der Waals surface area contributed by atoms with Crippen LogP contribution in [0.3, 0.4) is 0 Å². The van der Waals surface area contributed by atoms with Crippen molar-refractivity contribution in [1.82, 2.24) is 9.97 Å². The van der Waals surface area contributed by atoms with Gasteiger partial charge in [-0.15, -0.1) is 0 Å². The van der Waals surface area contributed by atoms with E-state index < -0.39 is 0 Å². The van der Waals surface area contributed by atoms with E-state index in [1.165, 1.54) is 0 Å². The van der Waals surface area contributed by atoms with Crippen LogP contribution in [0.25, 0.3) is 0 Å². The van der Waals surface area contributed by atoms with Crippen LogP contribution in [0.2, 0.25) is 0 Å². The fourth-order valence-electron chi connectivity index (χ4n) is 1.82. The molecule has 1 unspecified atom stereocenters. The molecule has 0 bridgehead atoms. The molecule has 94 valence electrons. The van der Waals surface area contributed by atoms with Gasteiger partial charge in [0.1, 0.15) is 0 Å². The summed E-state index contributed by atoms with van der Waals surface area (Å²) in [6.07, 6.45) is 1.11. The number of nitrogens with one attached hydrogen (secondary N) is 1. The largest absolute Gasteiger partial charge is 0.478 e. The number of ether oxygens (including phenoxy) is 2. The van der Waals surface area contributed by atoms with Crippen molar-refractivity contribution in [1.29, 1.82) is 0 Å². The van der Waals surface area contributed by atoms with Gasteiger partial charge in [-0.25, -0.2) is 4.98 Å². The Bertz CT molecular complexity index is 365. The van der Waals surface area contributed by atoms with Gasteiger partial charge >= 0.3 is 0 Å². The van der Waals surface area contributed by atoms with Crippen LogP contribution in [-0.4, -0.2) is 36.3 Å². The molecule has 0 saturated carbocycles. The Morgan fingerprint density at radius 3 is 3.12 bits per heavy atom. The van der Waals surface area contributed by atoms with E-state index in [-0.39, 0.29) is 0 Å². The highest BCUT2D eigenvalue weighted by molar-refractivity contribution is 5.30. The smallest absolute Gasteiger partial charge is 0.226 e. The number of nitrogens with zero attached hydrogens (tertiary/aromatic N) is 2. The Labute approximate surface area is 102 Å². The van der Waals surface area contributed by atoms with Crippen molar-refractivity contribution in [2.24, 2.45) is 5.92 Å². The highest BCUT2D eigenvalue weighted by Crippen LogP contribution is 2.15. The number of hydrogen-bond acceptors (Lipinski definition) is 5. The van der Waals surface area contributed by atoms with Gasteiger partial charge in [0.25, 0.3) is 0 Å². The monoisotopic (exact) mass is 237 g/mol. The zero-order valence-electron chi connectivity index (χ0n) is 10.4. The Kier molecular flexibility index (Phi) is 4.14. The highest BCUT2D eigenvalue weighted by Gasteiger charge is 2.15. The van der Waals surface area contributed by atoms with E-state index in [0.29, 0.717) is 24.4 Å². The van der Waals surface area contributed by atoms with Gasteiger partial charge in [-0.1, -0.05) is 0 Å². The van der Waals surface area contributed by atoms with E-state index in [1.807, 2.05) is 19.9 Å². The van der Waals surface area contributed by atoms with E-state index in [0.717, 1.165) is 31.9 Å². The molecule has 0 amide bonds. The molecular weight excluding hydrogens is 218 g/mol. The summed E-state index contributed by atoms with van der Waals surface area (Å²) in [7, 11) is 0.